The molecule has 1 saturated heterocycles. The number of ether oxygens (including phenoxy) is 1. The predicted octanol–water partition coefficient (Wildman–Crippen LogP) is 4.60. The highest BCUT2D eigenvalue weighted by atomic mass is 16.5. The molecule has 2 saturated carbocycles. The van der Waals surface area contributed by atoms with E-state index in [9.17, 15) is 0 Å². The average molecular weight is 313 g/mol. The fourth-order valence-electron chi connectivity index (χ4n) is 5.35. The molecule has 1 N–H and O–H groups in total. The maximum absolute atomic E-state index is 5.47. The van der Waals surface area contributed by atoms with Crippen LogP contribution in [-0.4, -0.2) is 19.2 Å². The van der Waals surface area contributed by atoms with E-state index in [0.29, 0.717) is 11.5 Å². The maximum Gasteiger partial charge on any atom is 0.119 e. The Hall–Kier alpha value is -1.02. The second kappa shape index (κ2) is 5.81. The van der Waals surface area contributed by atoms with Crippen molar-refractivity contribution in [2.45, 2.75) is 57.4 Å². The van der Waals surface area contributed by atoms with Gasteiger partial charge < -0.3 is 10.1 Å². The van der Waals surface area contributed by atoms with Crippen LogP contribution in [0.25, 0.3) is 0 Å². The Labute approximate surface area is 141 Å². The molecule has 2 aliphatic carbocycles. The third-order valence-corrected chi connectivity index (χ3v) is 7.05. The third-order valence-electron chi connectivity index (χ3n) is 7.05. The van der Waals surface area contributed by atoms with Gasteiger partial charge in [0, 0.05) is 5.54 Å². The second-order valence-electron chi connectivity index (χ2n) is 8.55. The van der Waals surface area contributed by atoms with Crippen LogP contribution in [0.2, 0.25) is 0 Å². The lowest BCUT2D eigenvalue weighted by Crippen LogP contribution is -2.61. The summed E-state index contributed by atoms with van der Waals surface area (Å²) in [4.78, 5) is 0. The summed E-state index contributed by atoms with van der Waals surface area (Å²) in [6.07, 6.45) is 7.04. The summed E-state index contributed by atoms with van der Waals surface area (Å²) in [5.74, 6) is 5.07. The molecule has 0 amide bonds. The molecule has 0 radical (unpaired) electrons. The highest BCUT2D eigenvalue weighted by molar-refractivity contribution is 5.32. The molecule has 0 aromatic heterocycles. The highest BCUT2D eigenvalue weighted by Gasteiger charge is 2.51. The lowest BCUT2D eigenvalue weighted by Gasteiger charge is -2.56. The number of fused-ring (bicyclic) bond motifs is 2. The van der Waals surface area contributed by atoms with Gasteiger partial charge >= 0.3 is 0 Å². The van der Waals surface area contributed by atoms with E-state index in [1.54, 1.807) is 7.11 Å². The van der Waals surface area contributed by atoms with E-state index in [1.807, 2.05) is 0 Å². The first-order valence-electron chi connectivity index (χ1n) is 9.50. The van der Waals surface area contributed by atoms with Crippen LogP contribution in [0, 0.1) is 23.7 Å². The lowest BCUT2D eigenvalue weighted by atomic mass is 9.56. The van der Waals surface area contributed by atoms with Crippen LogP contribution in [0.15, 0.2) is 24.3 Å². The Morgan fingerprint density at radius 3 is 2.83 bits per heavy atom. The molecule has 2 bridgehead atoms. The molecule has 2 heteroatoms. The maximum atomic E-state index is 5.47. The summed E-state index contributed by atoms with van der Waals surface area (Å²) in [6, 6.07) is 8.83. The van der Waals surface area contributed by atoms with Crippen LogP contribution in [0.1, 0.15) is 57.4 Å². The number of nitrogens with one attached hydrogen (secondary N) is 1. The van der Waals surface area contributed by atoms with Gasteiger partial charge in [-0.05, 0) is 73.1 Å². The molecular weight excluding hydrogens is 282 g/mol. The quantitative estimate of drug-likeness (QED) is 0.877. The van der Waals surface area contributed by atoms with Gasteiger partial charge in [-0.3, -0.25) is 0 Å². The molecule has 1 heterocycles. The van der Waals surface area contributed by atoms with Crippen molar-refractivity contribution < 1.29 is 4.74 Å². The van der Waals surface area contributed by atoms with Crippen molar-refractivity contribution in [3.05, 3.63) is 29.8 Å². The smallest absolute Gasteiger partial charge is 0.119 e. The fourth-order valence-corrected chi connectivity index (χ4v) is 5.35. The first-order chi connectivity index (χ1) is 11.1. The minimum Gasteiger partial charge on any atom is -0.497 e. The van der Waals surface area contributed by atoms with E-state index in [0.717, 1.165) is 29.4 Å². The van der Waals surface area contributed by atoms with Gasteiger partial charge in [0.05, 0.1) is 7.11 Å². The first kappa shape index (κ1) is 15.5. The summed E-state index contributed by atoms with van der Waals surface area (Å²) in [6.45, 7) is 6.14. The summed E-state index contributed by atoms with van der Waals surface area (Å²) in [5, 5.41) is 4.00. The molecule has 5 atom stereocenters. The number of hydrogen-bond donors (Lipinski definition) is 1. The molecule has 0 spiro atoms. The van der Waals surface area contributed by atoms with E-state index in [4.69, 9.17) is 4.74 Å². The average Bonchev–Trinajstić information content (AvgIpc) is 3.38. The van der Waals surface area contributed by atoms with Gasteiger partial charge in [-0.15, -0.1) is 0 Å². The number of methoxy groups -OCH3 is 1. The Morgan fingerprint density at radius 1 is 1.26 bits per heavy atom. The van der Waals surface area contributed by atoms with E-state index >= 15 is 0 Å². The molecular formula is C21H31NO. The molecule has 3 aliphatic rings. The standard InChI is InChI=1S/C21H31NO/c1-14-13-22-21(11-16-7-8-16)12-20(14)19(9-15(21)2)17-5-4-6-18(10-17)23-3/h4-6,10,14-16,19-20,22H,7-9,11-13H2,1-3H3. The zero-order valence-electron chi connectivity index (χ0n) is 14.8. The molecule has 2 nitrogen and oxygen atoms in total. The van der Waals surface area contributed by atoms with E-state index in [1.165, 1.54) is 44.2 Å². The zero-order valence-corrected chi connectivity index (χ0v) is 14.8. The Balaban J connectivity index is 1.62. The number of rotatable bonds is 4. The fraction of sp³-hybridized carbons (Fsp3) is 0.714. The summed E-state index contributed by atoms with van der Waals surface area (Å²) < 4.78 is 5.47. The van der Waals surface area contributed by atoms with Crippen molar-refractivity contribution in [2.75, 3.05) is 13.7 Å². The van der Waals surface area contributed by atoms with E-state index in [2.05, 4.69) is 43.4 Å². The number of piperidine rings is 1. The van der Waals surface area contributed by atoms with Gasteiger partial charge in [-0.25, -0.2) is 0 Å². The van der Waals surface area contributed by atoms with Crippen molar-refractivity contribution in [1.29, 1.82) is 0 Å². The van der Waals surface area contributed by atoms with Gasteiger partial charge in [0.1, 0.15) is 5.75 Å². The normalized spacial score (nSPS) is 40.0. The zero-order chi connectivity index (χ0) is 16.0. The Bertz CT molecular complexity index is 567. The van der Waals surface area contributed by atoms with Crippen LogP contribution in [-0.2, 0) is 0 Å². The first-order valence-corrected chi connectivity index (χ1v) is 9.50. The molecule has 126 valence electrons. The van der Waals surface area contributed by atoms with Crippen molar-refractivity contribution >= 4 is 0 Å². The highest BCUT2D eigenvalue weighted by Crippen LogP contribution is 2.54. The SMILES string of the molecule is COc1cccc(C2CC(C)C3(CC4CC4)CC2C(C)CN3)c1. The lowest BCUT2D eigenvalue weighted by molar-refractivity contribution is 0.0159. The summed E-state index contributed by atoms with van der Waals surface area (Å²) in [5.41, 5.74) is 1.92. The van der Waals surface area contributed by atoms with Crippen LogP contribution in [0.5, 0.6) is 5.75 Å². The minimum absolute atomic E-state index is 0.424. The monoisotopic (exact) mass is 313 g/mol. The molecule has 1 aromatic carbocycles. The second-order valence-corrected chi connectivity index (χ2v) is 8.55. The van der Waals surface area contributed by atoms with Gasteiger partial charge in [-0.2, -0.15) is 0 Å². The van der Waals surface area contributed by atoms with Crippen LogP contribution in [0.3, 0.4) is 0 Å². The van der Waals surface area contributed by atoms with Crippen molar-refractivity contribution in [2.24, 2.45) is 23.7 Å². The van der Waals surface area contributed by atoms with Crippen molar-refractivity contribution in [3.63, 3.8) is 0 Å². The summed E-state index contributed by atoms with van der Waals surface area (Å²) >= 11 is 0. The summed E-state index contributed by atoms with van der Waals surface area (Å²) in [7, 11) is 1.77. The Morgan fingerprint density at radius 2 is 2.09 bits per heavy atom. The van der Waals surface area contributed by atoms with Crippen molar-refractivity contribution in [1.82, 2.24) is 5.32 Å². The van der Waals surface area contributed by atoms with Gasteiger partial charge in [-0.1, -0.05) is 38.8 Å². The van der Waals surface area contributed by atoms with Gasteiger partial charge in [0.2, 0.25) is 0 Å². The number of hydrogen-bond acceptors (Lipinski definition) is 2. The molecule has 4 rings (SSSR count). The van der Waals surface area contributed by atoms with Gasteiger partial charge in [0.15, 0.2) is 0 Å². The van der Waals surface area contributed by atoms with Crippen LogP contribution in [0.4, 0.5) is 0 Å². The molecule has 1 aromatic rings. The molecule has 3 fully saturated rings. The molecule has 5 unspecified atom stereocenters. The van der Waals surface area contributed by atoms with Crippen LogP contribution < -0.4 is 10.1 Å². The van der Waals surface area contributed by atoms with Gasteiger partial charge in [0.25, 0.3) is 0 Å². The van der Waals surface area contributed by atoms with Crippen molar-refractivity contribution in [3.8, 4) is 5.75 Å². The van der Waals surface area contributed by atoms with Crippen LogP contribution >= 0.6 is 0 Å². The predicted molar refractivity (Wildman–Crippen MR) is 94.9 cm³/mol. The minimum atomic E-state index is 0.424. The molecule has 23 heavy (non-hydrogen) atoms. The third kappa shape index (κ3) is 2.80. The van der Waals surface area contributed by atoms with E-state index in [-0.39, 0.29) is 0 Å². The topological polar surface area (TPSA) is 21.3 Å². The molecule has 1 aliphatic heterocycles. The van der Waals surface area contributed by atoms with E-state index < -0.39 is 0 Å². The number of benzene rings is 1. The largest absolute Gasteiger partial charge is 0.497 e. The Kier molecular flexibility index (Phi) is 3.91.